The molecule has 5 heteroatoms. The number of halogens is 1. The number of nitrogens with one attached hydrogen (secondary N) is 1. The molecular weight excluding hydrogens is 334 g/mol. The van der Waals surface area contributed by atoms with E-state index in [1.165, 1.54) is 12.1 Å². The second-order valence-corrected chi connectivity index (χ2v) is 5.61. The number of rotatable bonds is 3. The molecule has 0 heterocycles. The Morgan fingerprint density at radius 1 is 1.00 bits per heavy atom. The third kappa shape index (κ3) is 3.49. The first-order valence-corrected chi connectivity index (χ1v) is 7.09. The standard InChI is InChI=1S/C16H14BrNO3/c1-9-3-4-11(8-13(9)17)15(19)18-14-6-5-12(16(20)21)7-10(14)2/h3-8H,1-2H3,(H,18,19)(H,20,21). The number of aromatic carboxylic acids is 1. The monoisotopic (exact) mass is 347 g/mol. The number of carboxylic acid groups (broad SMARTS) is 1. The summed E-state index contributed by atoms with van der Waals surface area (Å²) in [5.41, 5.74) is 3.09. The van der Waals surface area contributed by atoms with Crippen molar-refractivity contribution in [2.24, 2.45) is 0 Å². The summed E-state index contributed by atoms with van der Waals surface area (Å²) in [4.78, 5) is 23.1. The van der Waals surface area contributed by atoms with E-state index in [1.807, 2.05) is 13.0 Å². The third-order valence-electron chi connectivity index (χ3n) is 3.16. The molecule has 0 spiro atoms. The van der Waals surface area contributed by atoms with Gasteiger partial charge in [-0.3, -0.25) is 4.79 Å². The van der Waals surface area contributed by atoms with Gasteiger partial charge < -0.3 is 10.4 Å². The highest BCUT2D eigenvalue weighted by atomic mass is 79.9. The van der Waals surface area contributed by atoms with Crippen LogP contribution in [0.1, 0.15) is 31.8 Å². The Hall–Kier alpha value is -2.14. The van der Waals surface area contributed by atoms with Crippen molar-refractivity contribution in [3.8, 4) is 0 Å². The lowest BCUT2D eigenvalue weighted by molar-refractivity contribution is 0.0696. The van der Waals surface area contributed by atoms with Gasteiger partial charge in [0.05, 0.1) is 5.56 Å². The van der Waals surface area contributed by atoms with Gasteiger partial charge in [0.1, 0.15) is 0 Å². The fourth-order valence-electron chi connectivity index (χ4n) is 1.87. The Labute approximate surface area is 130 Å². The number of hydrogen-bond donors (Lipinski definition) is 2. The average Bonchev–Trinajstić information content (AvgIpc) is 2.43. The number of carboxylic acids is 1. The van der Waals surface area contributed by atoms with E-state index < -0.39 is 5.97 Å². The van der Waals surface area contributed by atoms with Gasteiger partial charge in [0.25, 0.3) is 5.91 Å². The lowest BCUT2D eigenvalue weighted by atomic mass is 10.1. The third-order valence-corrected chi connectivity index (χ3v) is 4.01. The lowest BCUT2D eigenvalue weighted by Gasteiger charge is -2.10. The van der Waals surface area contributed by atoms with E-state index in [0.717, 1.165) is 10.0 Å². The summed E-state index contributed by atoms with van der Waals surface area (Å²) in [6.45, 7) is 3.70. The first-order valence-electron chi connectivity index (χ1n) is 6.30. The van der Waals surface area contributed by atoms with E-state index in [4.69, 9.17) is 5.11 Å². The molecule has 0 radical (unpaired) electrons. The zero-order chi connectivity index (χ0) is 15.6. The highest BCUT2D eigenvalue weighted by Gasteiger charge is 2.11. The molecule has 21 heavy (non-hydrogen) atoms. The van der Waals surface area contributed by atoms with Gasteiger partial charge in [-0.25, -0.2) is 4.79 Å². The molecule has 2 aromatic rings. The van der Waals surface area contributed by atoms with Gasteiger partial charge in [-0.05, 0) is 55.3 Å². The number of carbonyl (C=O) groups excluding carboxylic acids is 1. The quantitative estimate of drug-likeness (QED) is 0.881. The lowest BCUT2D eigenvalue weighted by Crippen LogP contribution is -2.13. The van der Waals surface area contributed by atoms with Gasteiger partial charge in [-0.1, -0.05) is 22.0 Å². The maximum absolute atomic E-state index is 12.2. The van der Waals surface area contributed by atoms with Crippen molar-refractivity contribution in [2.45, 2.75) is 13.8 Å². The molecule has 0 unspecified atom stereocenters. The van der Waals surface area contributed by atoms with Crippen LogP contribution in [0, 0.1) is 13.8 Å². The van der Waals surface area contributed by atoms with E-state index in [9.17, 15) is 9.59 Å². The summed E-state index contributed by atoms with van der Waals surface area (Å²) >= 11 is 3.39. The fourth-order valence-corrected chi connectivity index (χ4v) is 2.24. The molecular formula is C16H14BrNO3. The topological polar surface area (TPSA) is 66.4 Å². The Kier molecular flexibility index (Phi) is 4.43. The summed E-state index contributed by atoms with van der Waals surface area (Å²) in [6, 6.07) is 9.96. The second kappa shape index (κ2) is 6.10. The highest BCUT2D eigenvalue weighted by molar-refractivity contribution is 9.10. The number of aryl methyl sites for hydroxylation is 2. The van der Waals surface area contributed by atoms with Crippen LogP contribution in [0.15, 0.2) is 40.9 Å². The van der Waals surface area contributed by atoms with E-state index in [2.05, 4.69) is 21.2 Å². The SMILES string of the molecule is Cc1ccc(C(=O)Nc2ccc(C(=O)O)cc2C)cc1Br. The summed E-state index contributed by atoms with van der Waals surface area (Å²) in [6.07, 6.45) is 0. The van der Waals surface area contributed by atoms with Crippen molar-refractivity contribution in [1.82, 2.24) is 0 Å². The fraction of sp³-hybridized carbons (Fsp3) is 0.125. The van der Waals surface area contributed by atoms with Gasteiger partial charge >= 0.3 is 5.97 Å². The average molecular weight is 348 g/mol. The molecule has 0 saturated carbocycles. The van der Waals surface area contributed by atoms with Crippen molar-refractivity contribution < 1.29 is 14.7 Å². The van der Waals surface area contributed by atoms with Crippen molar-refractivity contribution in [1.29, 1.82) is 0 Å². The Morgan fingerprint density at radius 2 is 1.67 bits per heavy atom. The van der Waals surface area contributed by atoms with Crippen molar-refractivity contribution >= 4 is 33.5 Å². The van der Waals surface area contributed by atoms with Crippen LogP contribution in [0.2, 0.25) is 0 Å². The normalized spacial score (nSPS) is 10.2. The highest BCUT2D eigenvalue weighted by Crippen LogP contribution is 2.20. The predicted molar refractivity (Wildman–Crippen MR) is 85.0 cm³/mol. The maximum Gasteiger partial charge on any atom is 0.335 e. The van der Waals surface area contributed by atoms with Crippen LogP contribution >= 0.6 is 15.9 Å². The molecule has 0 bridgehead atoms. The molecule has 0 aliphatic heterocycles. The maximum atomic E-state index is 12.2. The zero-order valence-electron chi connectivity index (χ0n) is 11.6. The second-order valence-electron chi connectivity index (χ2n) is 4.75. The van der Waals surface area contributed by atoms with Crippen LogP contribution in [0.4, 0.5) is 5.69 Å². The van der Waals surface area contributed by atoms with Crippen LogP contribution in [0.25, 0.3) is 0 Å². The molecule has 2 N–H and O–H groups in total. The Balaban J connectivity index is 2.23. The zero-order valence-corrected chi connectivity index (χ0v) is 13.2. The number of anilines is 1. The largest absolute Gasteiger partial charge is 0.478 e. The number of amides is 1. The van der Waals surface area contributed by atoms with Crippen LogP contribution in [0.3, 0.4) is 0 Å². The predicted octanol–water partition coefficient (Wildman–Crippen LogP) is 4.02. The molecule has 108 valence electrons. The van der Waals surface area contributed by atoms with Crippen LogP contribution < -0.4 is 5.32 Å². The van der Waals surface area contributed by atoms with Crippen LogP contribution in [-0.2, 0) is 0 Å². The van der Waals surface area contributed by atoms with Crippen molar-refractivity contribution in [2.75, 3.05) is 5.32 Å². The van der Waals surface area contributed by atoms with Crippen LogP contribution in [-0.4, -0.2) is 17.0 Å². The minimum atomic E-state index is -0.988. The van der Waals surface area contributed by atoms with Gasteiger partial charge in [0.2, 0.25) is 0 Å². The van der Waals surface area contributed by atoms with E-state index in [-0.39, 0.29) is 11.5 Å². The van der Waals surface area contributed by atoms with Crippen LogP contribution in [0.5, 0.6) is 0 Å². The van der Waals surface area contributed by atoms with Crippen molar-refractivity contribution in [3.05, 3.63) is 63.1 Å². The summed E-state index contributed by atoms with van der Waals surface area (Å²) in [5.74, 6) is -1.22. The molecule has 0 aliphatic rings. The Bertz CT molecular complexity index is 725. The molecule has 1 amide bonds. The van der Waals surface area contributed by atoms with E-state index in [0.29, 0.717) is 16.8 Å². The molecule has 2 rings (SSSR count). The molecule has 0 atom stereocenters. The molecule has 0 aromatic heterocycles. The number of benzene rings is 2. The molecule has 4 nitrogen and oxygen atoms in total. The van der Waals surface area contributed by atoms with E-state index in [1.54, 1.807) is 25.1 Å². The molecule has 0 aliphatic carbocycles. The van der Waals surface area contributed by atoms with Gasteiger partial charge in [-0.2, -0.15) is 0 Å². The molecule has 2 aromatic carbocycles. The first kappa shape index (κ1) is 15.3. The smallest absolute Gasteiger partial charge is 0.335 e. The summed E-state index contributed by atoms with van der Waals surface area (Å²) in [7, 11) is 0. The minimum absolute atomic E-state index is 0.198. The van der Waals surface area contributed by atoms with Gasteiger partial charge in [0, 0.05) is 15.7 Å². The van der Waals surface area contributed by atoms with Crippen molar-refractivity contribution in [3.63, 3.8) is 0 Å². The molecule has 0 fully saturated rings. The number of carbonyl (C=O) groups is 2. The molecule has 0 saturated heterocycles. The van der Waals surface area contributed by atoms with E-state index >= 15 is 0 Å². The number of hydrogen-bond acceptors (Lipinski definition) is 2. The van der Waals surface area contributed by atoms with Gasteiger partial charge in [0.15, 0.2) is 0 Å². The summed E-state index contributed by atoms with van der Waals surface area (Å²) < 4.78 is 0.869. The minimum Gasteiger partial charge on any atom is -0.478 e. The Morgan fingerprint density at radius 3 is 2.24 bits per heavy atom. The van der Waals surface area contributed by atoms with Gasteiger partial charge in [-0.15, -0.1) is 0 Å². The first-order chi connectivity index (χ1) is 9.88. The summed E-state index contributed by atoms with van der Waals surface area (Å²) in [5, 5.41) is 11.7.